The highest BCUT2D eigenvalue weighted by Gasteiger charge is 2.15. The molecule has 1 aromatic heterocycles. The summed E-state index contributed by atoms with van der Waals surface area (Å²) in [6.45, 7) is 1.89. The molecule has 2 rings (SSSR count). The van der Waals surface area contributed by atoms with Crippen molar-refractivity contribution in [2.75, 3.05) is 10.6 Å². The van der Waals surface area contributed by atoms with Gasteiger partial charge < -0.3 is 5.32 Å². The smallest absolute Gasteiger partial charge is 0.316 e. The molecule has 7 heteroatoms. The lowest BCUT2D eigenvalue weighted by Crippen LogP contribution is -2.29. The molecule has 20 heavy (non-hydrogen) atoms. The Balaban J connectivity index is 2.01. The van der Waals surface area contributed by atoms with Gasteiger partial charge >= 0.3 is 11.8 Å². The molecule has 102 valence electrons. The number of amides is 2. The van der Waals surface area contributed by atoms with E-state index in [4.69, 9.17) is 0 Å². The first kappa shape index (κ1) is 14.1. The second kappa shape index (κ2) is 6.25. The zero-order chi connectivity index (χ0) is 14.5. The molecule has 0 aliphatic rings. The van der Waals surface area contributed by atoms with Crippen LogP contribution in [-0.2, 0) is 9.59 Å². The number of aromatic nitrogens is 2. The number of nitrogens with one attached hydrogen (secondary N) is 2. The van der Waals surface area contributed by atoms with Crippen molar-refractivity contribution in [3.63, 3.8) is 0 Å². The van der Waals surface area contributed by atoms with Gasteiger partial charge in [0.25, 0.3) is 0 Å². The fraction of sp³-hybridized carbons (Fsp3) is 0.0769. The molecule has 2 aromatic rings. The number of hydrogen-bond donors (Lipinski definition) is 2. The van der Waals surface area contributed by atoms with Gasteiger partial charge in [-0.25, -0.2) is 9.97 Å². The number of aryl methyl sites for hydroxylation is 1. The molecule has 0 atom stereocenters. The normalized spacial score (nSPS) is 9.90. The maximum Gasteiger partial charge on any atom is 0.316 e. The zero-order valence-electron chi connectivity index (χ0n) is 10.6. The Bertz CT molecular complexity index is 646. The van der Waals surface area contributed by atoms with Crippen molar-refractivity contribution in [2.24, 2.45) is 0 Å². The molecule has 2 N–H and O–H groups in total. The summed E-state index contributed by atoms with van der Waals surface area (Å²) in [4.78, 5) is 31.0. The lowest BCUT2D eigenvalue weighted by molar-refractivity contribution is -0.133. The van der Waals surface area contributed by atoms with Crippen LogP contribution in [0.3, 0.4) is 0 Å². The highest BCUT2D eigenvalue weighted by atomic mass is 79.9. The van der Waals surface area contributed by atoms with Gasteiger partial charge in [-0.15, -0.1) is 0 Å². The van der Waals surface area contributed by atoms with Gasteiger partial charge in [0.05, 0.1) is 0 Å². The average Bonchev–Trinajstić information content (AvgIpc) is 2.44. The Morgan fingerprint density at radius 2 is 1.75 bits per heavy atom. The lowest BCUT2D eigenvalue weighted by Gasteiger charge is -2.07. The number of rotatable bonds is 2. The number of nitrogens with zero attached hydrogens (tertiary/aromatic N) is 2. The third-order valence-electron chi connectivity index (χ3n) is 2.41. The number of anilines is 2. The molecule has 0 spiro atoms. The van der Waals surface area contributed by atoms with Crippen LogP contribution in [0.2, 0.25) is 0 Å². The number of carbonyl (C=O) groups is 2. The molecule has 0 unspecified atom stereocenters. The number of benzene rings is 1. The van der Waals surface area contributed by atoms with Gasteiger partial charge in [0, 0.05) is 22.6 Å². The van der Waals surface area contributed by atoms with E-state index in [1.807, 2.05) is 6.92 Å². The highest BCUT2D eigenvalue weighted by Crippen LogP contribution is 2.19. The van der Waals surface area contributed by atoms with Gasteiger partial charge in [-0.1, -0.05) is 15.9 Å². The summed E-state index contributed by atoms with van der Waals surface area (Å²) in [5, 5.41) is 4.81. The molecular weight excluding hydrogens is 324 g/mol. The minimum atomic E-state index is -0.822. The quantitative estimate of drug-likeness (QED) is 0.824. The Labute approximate surface area is 123 Å². The molecular formula is C13H11BrN4O2. The summed E-state index contributed by atoms with van der Waals surface area (Å²) in [5.41, 5.74) is 1.49. The molecule has 6 nitrogen and oxygen atoms in total. The predicted molar refractivity (Wildman–Crippen MR) is 78.2 cm³/mol. The van der Waals surface area contributed by atoms with E-state index < -0.39 is 11.8 Å². The van der Waals surface area contributed by atoms with E-state index >= 15 is 0 Å². The van der Waals surface area contributed by atoms with Crippen molar-refractivity contribution in [2.45, 2.75) is 6.92 Å². The zero-order valence-corrected chi connectivity index (χ0v) is 12.1. The minimum absolute atomic E-state index is 0.0830. The standard InChI is InChI=1S/C13H11BrN4O2/c1-8-7-9(3-4-10(8)14)17-11(19)12(20)18-13-15-5-2-6-16-13/h2-7H,1H3,(H,17,19)(H,15,16,18,20). The van der Waals surface area contributed by atoms with Crippen LogP contribution in [0.5, 0.6) is 0 Å². The van der Waals surface area contributed by atoms with Gasteiger partial charge in [0.2, 0.25) is 5.95 Å². The van der Waals surface area contributed by atoms with Gasteiger partial charge in [-0.05, 0) is 36.8 Å². The maximum atomic E-state index is 11.7. The SMILES string of the molecule is Cc1cc(NC(=O)C(=O)Nc2ncccn2)ccc1Br. The van der Waals surface area contributed by atoms with Gasteiger partial charge in [-0.2, -0.15) is 0 Å². The van der Waals surface area contributed by atoms with Crippen LogP contribution >= 0.6 is 15.9 Å². The lowest BCUT2D eigenvalue weighted by atomic mass is 10.2. The summed E-state index contributed by atoms with van der Waals surface area (Å²) < 4.78 is 0.928. The third kappa shape index (κ3) is 3.61. The first-order valence-corrected chi connectivity index (χ1v) is 6.51. The van der Waals surface area contributed by atoms with Crippen molar-refractivity contribution in [1.82, 2.24) is 9.97 Å². The highest BCUT2D eigenvalue weighted by molar-refractivity contribution is 9.10. The Kier molecular flexibility index (Phi) is 4.41. The summed E-state index contributed by atoms with van der Waals surface area (Å²) in [5.74, 6) is -1.52. The monoisotopic (exact) mass is 334 g/mol. The Hall–Kier alpha value is -2.28. The van der Waals surface area contributed by atoms with E-state index in [-0.39, 0.29) is 5.95 Å². The molecule has 0 aliphatic heterocycles. The molecule has 0 aliphatic carbocycles. The Morgan fingerprint density at radius 1 is 1.10 bits per heavy atom. The fourth-order valence-corrected chi connectivity index (χ4v) is 1.68. The largest absolute Gasteiger partial charge is 0.318 e. The summed E-state index contributed by atoms with van der Waals surface area (Å²) in [6, 6.07) is 6.86. The first-order valence-electron chi connectivity index (χ1n) is 5.72. The maximum absolute atomic E-state index is 11.7. The van der Waals surface area contributed by atoms with Crippen LogP contribution < -0.4 is 10.6 Å². The van der Waals surface area contributed by atoms with E-state index in [0.717, 1.165) is 10.0 Å². The minimum Gasteiger partial charge on any atom is -0.318 e. The van der Waals surface area contributed by atoms with Crippen LogP contribution in [0, 0.1) is 6.92 Å². The molecule has 1 aromatic carbocycles. The number of halogens is 1. The van der Waals surface area contributed by atoms with E-state index in [1.165, 1.54) is 12.4 Å². The molecule has 0 radical (unpaired) electrons. The topological polar surface area (TPSA) is 84.0 Å². The van der Waals surface area contributed by atoms with E-state index in [9.17, 15) is 9.59 Å². The van der Waals surface area contributed by atoms with Gasteiger partial charge in [0.1, 0.15) is 0 Å². The van der Waals surface area contributed by atoms with Crippen LogP contribution in [0.25, 0.3) is 0 Å². The van der Waals surface area contributed by atoms with Gasteiger partial charge in [0.15, 0.2) is 0 Å². The van der Waals surface area contributed by atoms with E-state index in [1.54, 1.807) is 24.3 Å². The third-order valence-corrected chi connectivity index (χ3v) is 3.30. The van der Waals surface area contributed by atoms with Crippen molar-refractivity contribution < 1.29 is 9.59 Å². The van der Waals surface area contributed by atoms with Crippen molar-refractivity contribution in [3.05, 3.63) is 46.7 Å². The second-order valence-electron chi connectivity index (χ2n) is 3.94. The molecule has 0 saturated heterocycles. The predicted octanol–water partition coefficient (Wildman–Crippen LogP) is 2.12. The first-order chi connectivity index (χ1) is 9.56. The van der Waals surface area contributed by atoms with E-state index in [2.05, 4.69) is 36.5 Å². The summed E-state index contributed by atoms with van der Waals surface area (Å²) in [6.07, 6.45) is 2.94. The number of carbonyl (C=O) groups excluding carboxylic acids is 2. The fourth-order valence-electron chi connectivity index (χ4n) is 1.43. The van der Waals surface area contributed by atoms with Gasteiger partial charge in [-0.3, -0.25) is 14.9 Å². The molecule has 0 fully saturated rings. The van der Waals surface area contributed by atoms with Crippen molar-refractivity contribution >= 4 is 39.4 Å². The van der Waals surface area contributed by atoms with Crippen LogP contribution in [-0.4, -0.2) is 21.8 Å². The Morgan fingerprint density at radius 3 is 2.40 bits per heavy atom. The number of hydrogen-bond acceptors (Lipinski definition) is 4. The molecule has 2 amide bonds. The average molecular weight is 335 g/mol. The molecule has 1 heterocycles. The van der Waals surface area contributed by atoms with E-state index in [0.29, 0.717) is 5.69 Å². The molecule has 0 bridgehead atoms. The van der Waals surface area contributed by atoms with Crippen LogP contribution in [0.15, 0.2) is 41.1 Å². The second-order valence-corrected chi connectivity index (χ2v) is 4.80. The summed E-state index contributed by atoms with van der Waals surface area (Å²) >= 11 is 3.36. The van der Waals surface area contributed by atoms with Crippen molar-refractivity contribution in [1.29, 1.82) is 0 Å². The van der Waals surface area contributed by atoms with Crippen LogP contribution in [0.4, 0.5) is 11.6 Å². The molecule has 0 saturated carbocycles. The summed E-state index contributed by atoms with van der Waals surface area (Å²) in [7, 11) is 0. The van der Waals surface area contributed by atoms with Crippen LogP contribution in [0.1, 0.15) is 5.56 Å². The van der Waals surface area contributed by atoms with Crippen molar-refractivity contribution in [3.8, 4) is 0 Å².